The molecule has 0 spiro atoms. The van der Waals surface area contributed by atoms with Crippen LogP contribution in [0.25, 0.3) is 22.2 Å². The lowest BCUT2D eigenvalue weighted by atomic mass is 9.91. The fraction of sp³-hybridized carbons (Fsp3) is 0.267. The van der Waals surface area contributed by atoms with Crippen molar-refractivity contribution in [3.63, 3.8) is 0 Å². The number of anilines is 1. The van der Waals surface area contributed by atoms with Gasteiger partial charge in [0.2, 0.25) is 0 Å². The summed E-state index contributed by atoms with van der Waals surface area (Å²) in [6.45, 7) is 2.99. The SMILES string of the molecule is CC(F)(F)c1cccc(-c2ccc3cccc(C(=O)Nc4cccc(CC5CCNCC5)c4)c3n2)c1. The van der Waals surface area contributed by atoms with Crippen LogP contribution in [0.3, 0.4) is 0 Å². The number of benzene rings is 3. The van der Waals surface area contributed by atoms with E-state index < -0.39 is 5.92 Å². The Labute approximate surface area is 209 Å². The van der Waals surface area contributed by atoms with Gasteiger partial charge in [0.1, 0.15) is 0 Å². The predicted octanol–water partition coefficient (Wildman–Crippen LogP) is 6.81. The van der Waals surface area contributed by atoms with E-state index in [0.29, 0.717) is 28.3 Å². The van der Waals surface area contributed by atoms with Gasteiger partial charge in [-0.05, 0) is 74.2 Å². The van der Waals surface area contributed by atoms with E-state index in [-0.39, 0.29) is 11.5 Å². The van der Waals surface area contributed by atoms with Gasteiger partial charge in [0.05, 0.1) is 16.8 Å². The molecular weight excluding hydrogens is 456 g/mol. The highest BCUT2D eigenvalue weighted by Gasteiger charge is 2.24. The summed E-state index contributed by atoms with van der Waals surface area (Å²) in [4.78, 5) is 18.0. The highest BCUT2D eigenvalue weighted by Crippen LogP contribution is 2.31. The first-order valence-electron chi connectivity index (χ1n) is 12.4. The Morgan fingerprint density at radius 2 is 1.78 bits per heavy atom. The molecule has 0 saturated carbocycles. The number of hydrogen-bond acceptors (Lipinski definition) is 3. The maximum Gasteiger partial charge on any atom is 0.270 e. The molecule has 0 radical (unpaired) electrons. The number of aromatic nitrogens is 1. The summed E-state index contributed by atoms with van der Waals surface area (Å²) < 4.78 is 27.7. The standard InChI is InChI=1S/C30H29F2N3O/c1-30(31,32)24-8-3-7-23(19-24)27-12-11-22-6-4-10-26(28(22)35-27)29(36)34-25-9-2-5-21(18-25)17-20-13-15-33-16-14-20/h2-12,18-20,33H,13-17H2,1H3,(H,34,36). The Bertz CT molecular complexity index is 1390. The third-order valence-corrected chi connectivity index (χ3v) is 6.80. The van der Waals surface area contributed by atoms with Crippen molar-refractivity contribution in [3.8, 4) is 11.3 Å². The first-order valence-corrected chi connectivity index (χ1v) is 12.4. The van der Waals surface area contributed by atoms with Crippen molar-refractivity contribution < 1.29 is 13.6 Å². The second-order valence-electron chi connectivity index (χ2n) is 9.59. The highest BCUT2D eigenvalue weighted by atomic mass is 19.3. The normalized spacial score (nSPS) is 14.6. The van der Waals surface area contributed by atoms with E-state index in [1.54, 1.807) is 24.3 Å². The lowest BCUT2D eigenvalue weighted by Gasteiger charge is -2.22. The number of fused-ring (bicyclic) bond motifs is 1. The van der Waals surface area contributed by atoms with E-state index in [4.69, 9.17) is 4.98 Å². The fourth-order valence-electron chi connectivity index (χ4n) is 4.84. The molecule has 4 aromatic rings. The van der Waals surface area contributed by atoms with Crippen molar-refractivity contribution in [1.82, 2.24) is 10.3 Å². The van der Waals surface area contributed by atoms with Crippen molar-refractivity contribution in [2.45, 2.75) is 32.1 Å². The third-order valence-electron chi connectivity index (χ3n) is 6.80. The summed E-state index contributed by atoms with van der Waals surface area (Å²) in [6, 6.07) is 23.3. The number of alkyl halides is 2. The molecule has 0 bridgehead atoms. The van der Waals surface area contributed by atoms with Gasteiger partial charge in [-0.1, -0.05) is 48.5 Å². The smallest absolute Gasteiger partial charge is 0.270 e. The van der Waals surface area contributed by atoms with Gasteiger partial charge in [-0.2, -0.15) is 0 Å². The minimum Gasteiger partial charge on any atom is -0.322 e. The summed E-state index contributed by atoms with van der Waals surface area (Å²) in [7, 11) is 0. The van der Waals surface area contributed by atoms with Crippen molar-refractivity contribution in [2.24, 2.45) is 5.92 Å². The molecule has 1 aliphatic rings. The molecular formula is C30H29F2N3O. The monoisotopic (exact) mass is 485 g/mol. The van der Waals surface area contributed by atoms with E-state index in [9.17, 15) is 13.6 Å². The van der Waals surface area contributed by atoms with E-state index >= 15 is 0 Å². The maximum absolute atomic E-state index is 13.9. The zero-order valence-corrected chi connectivity index (χ0v) is 20.2. The van der Waals surface area contributed by atoms with Gasteiger partial charge < -0.3 is 10.6 Å². The molecule has 1 aliphatic heterocycles. The maximum atomic E-state index is 13.9. The number of para-hydroxylation sites is 1. The molecule has 6 heteroatoms. The van der Waals surface area contributed by atoms with Crippen LogP contribution < -0.4 is 10.6 Å². The van der Waals surface area contributed by atoms with Crippen LogP contribution in [-0.4, -0.2) is 24.0 Å². The number of amides is 1. The summed E-state index contributed by atoms with van der Waals surface area (Å²) in [5.74, 6) is -2.54. The van der Waals surface area contributed by atoms with Gasteiger partial charge in [0, 0.05) is 29.1 Å². The molecule has 1 amide bonds. The van der Waals surface area contributed by atoms with Crippen molar-refractivity contribution in [2.75, 3.05) is 18.4 Å². The van der Waals surface area contributed by atoms with Gasteiger partial charge >= 0.3 is 0 Å². The number of halogens is 2. The van der Waals surface area contributed by atoms with E-state index in [1.807, 2.05) is 36.4 Å². The van der Waals surface area contributed by atoms with Crippen LogP contribution in [0.15, 0.2) is 78.9 Å². The predicted molar refractivity (Wildman–Crippen MR) is 140 cm³/mol. The Balaban J connectivity index is 1.41. The first kappa shape index (κ1) is 24.1. The number of piperidine rings is 1. The van der Waals surface area contributed by atoms with Crippen molar-refractivity contribution >= 4 is 22.5 Å². The average Bonchev–Trinajstić information content (AvgIpc) is 2.88. The number of pyridine rings is 1. The van der Waals surface area contributed by atoms with Crippen LogP contribution >= 0.6 is 0 Å². The van der Waals surface area contributed by atoms with Crippen LogP contribution in [0.5, 0.6) is 0 Å². The van der Waals surface area contributed by atoms with Gasteiger partial charge in [0.15, 0.2) is 0 Å². The molecule has 2 N–H and O–H groups in total. The van der Waals surface area contributed by atoms with Gasteiger partial charge in [-0.25, -0.2) is 13.8 Å². The number of rotatable bonds is 6. The van der Waals surface area contributed by atoms with Crippen LogP contribution in [0.4, 0.5) is 14.5 Å². The Hall–Kier alpha value is -3.64. The topological polar surface area (TPSA) is 54.0 Å². The quantitative estimate of drug-likeness (QED) is 0.316. The zero-order chi connectivity index (χ0) is 25.1. The molecule has 0 unspecified atom stereocenters. The lowest BCUT2D eigenvalue weighted by Crippen LogP contribution is -2.28. The van der Waals surface area contributed by atoms with Gasteiger partial charge in [-0.15, -0.1) is 0 Å². The molecule has 1 fully saturated rings. The molecule has 0 atom stereocenters. The van der Waals surface area contributed by atoms with Crippen LogP contribution in [0.2, 0.25) is 0 Å². The first-order chi connectivity index (χ1) is 17.4. The number of carbonyl (C=O) groups excluding carboxylic acids is 1. The molecule has 0 aliphatic carbocycles. The molecule has 2 heterocycles. The number of nitrogens with zero attached hydrogens (tertiary/aromatic N) is 1. The van der Waals surface area contributed by atoms with E-state index in [2.05, 4.69) is 16.7 Å². The molecule has 3 aromatic carbocycles. The number of nitrogens with one attached hydrogen (secondary N) is 2. The summed E-state index contributed by atoms with van der Waals surface area (Å²) >= 11 is 0. The molecule has 4 nitrogen and oxygen atoms in total. The Kier molecular flexibility index (Phi) is 6.79. The molecule has 36 heavy (non-hydrogen) atoms. The van der Waals surface area contributed by atoms with Gasteiger partial charge in [0.25, 0.3) is 11.8 Å². The molecule has 1 saturated heterocycles. The second kappa shape index (κ2) is 10.2. The van der Waals surface area contributed by atoms with Gasteiger partial charge in [-0.3, -0.25) is 4.79 Å². The fourth-order valence-corrected chi connectivity index (χ4v) is 4.84. The van der Waals surface area contributed by atoms with Crippen molar-refractivity contribution in [3.05, 3.63) is 95.6 Å². The molecule has 184 valence electrons. The minimum atomic E-state index is -2.94. The largest absolute Gasteiger partial charge is 0.322 e. The Morgan fingerprint density at radius 1 is 1.00 bits per heavy atom. The number of carbonyl (C=O) groups is 1. The van der Waals surface area contributed by atoms with E-state index in [1.165, 1.54) is 30.5 Å². The minimum absolute atomic E-state index is 0.0719. The lowest BCUT2D eigenvalue weighted by molar-refractivity contribution is 0.0175. The Morgan fingerprint density at radius 3 is 2.58 bits per heavy atom. The van der Waals surface area contributed by atoms with Crippen molar-refractivity contribution in [1.29, 1.82) is 0 Å². The summed E-state index contributed by atoms with van der Waals surface area (Å²) in [5.41, 5.74) is 3.98. The third kappa shape index (κ3) is 5.44. The molecule has 5 rings (SSSR count). The van der Waals surface area contributed by atoms with Crippen LogP contribution in [-0.2, 0) is 12.3 Å². The zero-order valence-electron chi connectivity index (χ0n) is 20.2. The number of hydrogen-bond donors (Lipinski definition) is 2. The second-order valence-corrected chi connectivity index (χ2v) is 9.59. The molecule has 1 aromatic heterocycles. The van der Waals surface area contributed by atoms with Crippen LogP contribution in [0, 0.1) is 5.92 Å². The summed E-state index contributed by atoms with van der Waals surface area (Å²) in [5, 5.41) is 7.23. The summed E-state index contributed by atoms with van der Waals surface area (Å²) in [6.07, 6.45) is 3.33. The average molecular weight is 486 g/mol. The van der Waals surface area contributed by atoms with Crippen LogP contribution in [0.1, 0.15) is 41.3 Å². The highest BCUT2D eigenvalue weighted by molar-refractivity contribution is 6.12. The van der Waals surface area contributed by atoms with E-state index in [0.717, 1.165) is 37.5 Å².